The van der Waals surface area contributed by atoms with Gasteiger partial charge in [0, 0.05) is 12.7 Å². The largest absolute Gasteiger partial charge is 0.479 e. The lowest BCUT2D eigenvalue weighted by molar-refractivity contribution is 0.169. The van der Waals surface area contributed by atoms with Gasteiger partial charge in [-0.05, 0) is 6.42 Å². The molecular weight excluding hydrogens is 174 g/mol. The molecule has 1 rings (SSSR count). The molecule has 0 radical (unpaired) electrons. The lowest BCUT2D eigenvalue weighted by Gasteiger charge is -2.12. The van der Waals surface area contributed by atoms with Gasteiger partial charge in [-0.15, -0.1) is 0 Å². The van der Waals surface area contributed by atoms with Crippen LogP contribution in [0.4, 0.5) is 0 Å². The average molecular weight is 197 g/mol. The van der Waals surface area contributed by atoms with Crippen molar-refractivity contribution < 1.29 is 4.74 Å². The predicted octanol–water partition coefficient (Wildman–Crippen LogP) is 3.50. The molecule has 0 unspecified atom stereocenters. The molecular formula is C12H23NO. The Hall–Kier alpha value is -0.660. The number of ether oxygens (including phenoxy) is 1. The maximum Gasteiger partial charge on any atom is 0.160 e. The van der Waals surface area contributed by atoms with Crippen LogP contribution in [0.15, 0.2) is 12.5 Å². The third kappa shape index (κ3) is 5.15. The number of unbranched alkanes of at least 4 members (excludes halogenated alkanes) is 6. The van der Waals surface area contributed by atoms with E-state index in [1.165, 1.54) is 44.9 Å². The van der Waals surface area contributed by atoms with Crippen LogP contribution in [0.5, 0.6) is 0 Å². The lowest BCUT2D eigenvalue weighted by atomic mass is 10.1. The summed E-state index contributed by atoms with van der Waals surface area (Å²) < 4.78 is 5.11. The molecule has 0 saturated carbocycles. The number of nitrogens with zero attached hydrogens (tertiary/aromatic N) is 1. The molecule has 14 heavy (non-hydrogen) atoms. The normalized spacial score (nSPS) is 14.8. The molecule has 0 spiro atoms. The Kier molecular flexibility index (Phi) is 6.29. The summed E-state index contributed by atoms with van der Waals surface area (Å²) in [5.74, 6) is 0. The van der Waals surface area contributed by atoms with E-state index in [-0.39, 0.29) is 0 Å². The fourth-order valence-electron chi connectivity index (χ4n) is 1.72. The van der Waals surface area contributed by atoms with E-state index in [2.05, 4.69) is 11.8 Å². The van der Waals surface area contributed by atoms with Gasteiger partial charge < -0.3 is 9.64 Å². The summed E-state index contributed by atoms with van der Waals surface area (Å²) in [4.78, 5) is 2.23. The van der Waals surface area contributed by atoms with E-state index in [0.29, 0.717) is 0 Å². The van der Waals surface area contributed by atoms with E-state index in [9.17, 15) is 0 Å². The Balaban J connectivity index is 1.77. The summed E-state index contributed by atoms with van der Waals surface area (Å²) in [6.07, 6.45) is 13.5. The molecule has 82 valence electrons. The molecule has 0 bridgehead atoms. The zero-order chi connectivity index (χ0) is 10.1. The molecule has 1 aliphatic heterocycles. The standard InChI is InChI=1S/C12H23NO/c1-2-3-4-5-6-7-8-9-13-10-11-14-12-13/h10-11H,2-9,12H2,1H3. The van der Waals surface area contributed by atoms with Crippen LogP contribution in [0.3, 0.4) is 0 Å². The van der Waals surface area contributed by atoms with Crippen molar-refractivity contribution in [3.8, 4) is 0 Å². The number of hydrogen-bond donors (Lipinski definition) is 0. The van der Waals surface area contributed by atoms with Gasteiger partial charge in [-0.1, -0.05) is 45.4 Å². The molecule has 0 aromatic heterocycles. The topological polar surface area (TPSA) is 12.5 Å². The first-order valence-electron chi connectivity index (χ1n) is 5.96. The molecule has 1 heterocycles. The van der Waals surface area contributed by atoms with Crippen LogP contribution in [0.1, 0.15) is 51.9 Å². The summed E-state index contributed by atoms with van der Waals surface area (Å²) >= 11 is 0. The van der Waals surface area contributed by atoms with Crippen molar-refractivity contribution in [2.75, 3.05) is 13.3 Å². The first-order valence-corrected chi connectivity index (χ1v) is 5.96. The first kappa shape index (κ1) is 11.4. The van der Waals surface area contributed by atoms with Crippen LogP contribution in [0, 0.1) is 0 Å². The van der Waals surface area contributed by atoms with Crippen molar-refractivity contribution >= 4 is 0 Å². The Labute approximate surface area is 87.9 Å². The molecule has 0 amide bonds. The second-order valence-corrected chi connectivity index (χ2v) is 4.01. The molecule has 0 aromatic carbocycles. The molecule has 0 N–H and O–H groups in total. The molecule has 2 nitrogen and oxygen atoms in total. The Morgan fingerprint density at radius 1 is 1.07 bits per heavy atom. The van der Waals surface area contributed by atoms with Crippen molar-refractivity contribution in [2.24, 2.45) is 0 Å². The molecule has 0 aromatic rings. The highest BCUT2D eigenvalue weighted by molar-refractivity contribution is 4.79. The SMILES string of the molecule is CCCCCCCCCN1C=COC1. The van der Waals surface area contributed by atoms with Crippen LogP contribution >= 0.6 is 0 Å². The third-order valence-corrected chi connectivity index (χ3v) is 2.66. The highest BCUT2D eigenvalue weighted by Gasteiger charge is 2.02. The molecule has 2 heteroatoms. The third-order valence-electron chi connectivity index (χ3n) is 2.66. The van der Waals surface area contributed by atoms with Gasteiger partial charge in [-0.2, -0.15) is 0 Å². The van der Waals surface area contributed by atoms with Gasteiger partial charge in [0.1, 0.15) is 6.26 Å². The van der Waals surface area contributed by atoms with Gasteiger partial charge in [-0.3, -0.25) is 0 Å². The quantitative estimate of drug-likeness (QED) is 0.552. The number of rotatable bonds is 8. The van der Waals surface area contributed by atoms with E-state index < -0.39 is 0 Å². The lowest BCUT2D eigenvalue weighted by Crippen LogP contribution is -2.16. The summed E-state index contributed by atoms with van der Waals surface area (Å²) in [6, 6.07) is 0. The maximum atomic E-state index is 5.11. The van der Waals surface area contributed by atoms with E-state index >= 15 is 0 Å². The predicted molar refractivity (Wildman–Crippen MR) is 59.8 cm³/mol. The van der Waals surface area contributed by atoms with Gasteiger partial charge in [-0.25, -0.2) is 0 Å². The summed E-state index contributed by atoms with van der Waals surface area (Å²) in [5, 5.41) is 0. The molecule has 0 atom stereocenters. The second-order valence-electron chi connectivity index (χ2n) is 4.01. The molecule has 0 aliphatic carbocycles. The van der Waals surface area contributed by atoms with E-state index in [1.807, 2.05) is 6.20 Å². The molecule has 0 saturated heterocycles. The van der Waals surface area contributed by atoms with Crippen LogP contribution in [0.25, 0.3) is 0 Å². The highest BCUT2D eigenvalue weighted by Crippen LogP contribution is 2.08. The zero-order valence-corrected chi connectivity index (χ0v) is 9.37. The minimum absolute atomic E-state index is 0.760. The maximum absolute atomic E-state index is 5.11. The van der Waals surface area contributed by atoms with Gasteiger partial charge in [0.2, 0.25) is 0 Å². The minimum Gasteiger partial charge on any atom is -0.479 e. The zero-order valence-electron chi connectivity index (χ0n) is 9.37. The molecule has 1 aliphatic rings. The smallest absolute Gasteiger partial charge is 0.160 e. The Morgan fingerprint density at radius 2 is 1.79 bits per heavy atom. The van der Waals surface area contributed by atoms with Crippen LogP contribution in [-0.4, -0.2) is 18.2 Å². The van der Waals surface area contributed by atoms with Gasteiger partial charge in [0.15, 0.2) is 6.73 Å². The van der Waals surface area contributed by atoms with Gasteiger partial charge in [0.25, 0.3) is 0 Å². The van der Waals surface area contributed by atoms with Crippen LogP contribution in [-0.2, 0) is 4.74 Å². The van der Waals surface area contributed by atoms with Gasteiger partial charge >= 0.3 is 0 Å². The van der Waals surface area contributed by atoms with Crippen molar-refractivity contribution in [1.29, 1.82) is 0 Å². The number of hydrogen-bond acceptors (Lipinski definition) is 2. The molecule has 0 fully saturated rings. The van der Waals surface area contributed by atoms with E-state index in [4.69, 9.17) is 4.74 Å². The van der Waals surface area contributed by atoms with E-state index in [0.717, 1.165) is 13.3 Å². The van der Waals surface area contributed by atoms with Crippen LogP contribution < -0.4 is 0 Å². The van der Waals surface area contributed by atoms with Crippen molar-refractivity contribution in [3.05, 3.63) is 12.5 Å². The Morgan fingerprint density at radius 3 is 2.43 bits per heavy atom. The summed E-state index contributed by atoms with van der Waals surface area (Å²) in [5.41, 5.74) is 0. The Bertz CT molecular complexity index is 156. The van der Waals surface area contributed by atoms with Crippen molar-refractivity contribution in [1.82, 2.24) is 4.90 Å². The van der Waals surface area contributed by atoms with Gasteiger partial charge in [0.05, 0.1) is 0 Å². The highest BCUT2D eigenvalue weighted by atomic mass is 16.5. The second kappa shape index (κ2) is 7.72. The van der Waals surface area contributed by atoms with Crippen molar-refractivity contribution in [2.45, 2.75) is 51.9 Å². The fraction of sp³-hybridized carbons (Fsp3) is 0.833. The summed E-state index contributed by atoms with van der Waals surface area (Å²) in [6.45, 7) is 4.18. The first-order chi connectivity index (χ1) is 6.93. The van der Waals surface area contributed by atoms with E-state index in [1.54, 1.807) is 6.26 Å². The van der Waals surface area contributed by atoms with Crippen LogP contribution in [0.2, 0.25) is 0 Å². The fourth-order valence-corrected chi connectivity index (χ4v) is 1.72. The van der Waals surface area contributed by atoms with Crippen molar-refractivity contribution in [3.63, 3.8) is 0 Å². The summed E-state index contributed by atoms with van der Waals surface area (Å²) in [7, 11) is 0. The monoisotopic (exact) mass is 197 g/mol. The minimum atomic E-state index is 0.760. The average Bonchev–Trinajstić information content (AvgIpc) is 2.69.